The molecule has 0 saturated heterocycles. The number of rotatable bonds is 4. The predicted molar refractivity (Wildman–Crippen MR) is 54.2 cm³/mol. The van der Waals surface area contributed by atoms with Crippen LogP contribution in [0.4, 0.5) is 0 Å². The van der Waals surface area contributed by atoms with Crippen LogP contribution in [0, 0.1) is 0 Å². The average Bonchev–Trinajstić information content (AvgIpc) is 2.19. The molecule has 12 heavy (non-hydrogen) atoms. The van der Waals surface area contributed by atoms with Crippen LogP contribution < -0.4 is 0 Å². The van der Waals surface area contributed by atoms with Gasteiger partial charge in [0, 0.05) is 2.74 Å². The first-order valence-corrected chi connectivity index (χ1v) is 4.17. The molecule has 0 fully saturated rings. The van der Waals surface area contributed by atoms with Crippen molar-refractivity contribution in [1.29, 1.82) is 0 Å². The van der Waals surface area contributed by atoms with Crippen LogP contribution in [0.1, 0.15) is 28.0 Å². The molecule has 0 aromatic heterocycles. The fourth-order valence-electron chi connectivity index (χ4n) is 0.978. The van der Waals surface area contributed by atoms with E-state index in [1.165, 1.54) is 5.56 Å². The van der Waals surface area contributed by atoms with E-state index in [1.807, 2.05) is 30.3 Å². The molecule has 64 valence electrons. The normalized spacial score (nSPS) is 14.7. The Balaban J connectivity index is 2.49. The van der Waals surface area contributed by atoms with Crippen LogP contribution in [-0.2, 0) is 6.42 Å². The van der Waals surface area contributed by atoms with Crippen LogP contribution in [-0.4, -0.2) is 0 Å². The molecule has 0 amide bonds. The maximum absolute atomic E-state index is 7.84. The van der Waals surface area contributed by atoms with Crippen LogP contribution in [0.15, 0.2) is 42.5 Å². The van der Waals surface area contributed by atoms with E-state index in [4.69, 9.17) is 2.74 Å². The Kier molecular flexibility index (Phi) is 2.57. The molecule has 0 spiro atoms. The molecule has 1 atom stereocenters. The fourth-order valence-corrected chi connectivity index (χ4v) is 0.978. The molecule has 0 aliphatic heterocycles. The van der Waals surface area contributed by atoms with Gasteiger partial charge in [-0.15, -0.1) is 0 Å². The number of benzene rings is 1. The summed E-state index contributed by atoms with van der Waals surface area (Å²) < 4.78 is 14.9. The predicted octanol–water partition coefficient (Wildman–Crippen LogP) is 3.59. The van der Waals surface area contributed by atoms with Gasteiger partial charge in [-0.2, -0.15) is 0 Å². The third-order valence-electron chi connectivity index (χ3n) is 1.79. The standard InChI is InChI=1S/C12H16/c1-3-11(2)9-10-12-7-5-4-6-8-12/h4-8H,2-3,9-10H2,1H3/i1D,9D. The maximum Gasteiger partial charge on any atom is 0.0316 e. The lowest BCUT2D eigenvalue weighted by Gasteiger charge is -2.01. The summed E-state index contributed by atoms with van der Waals surface area (Å²) in [6, 6.07) is 9.98. The van der Waals surface area contributed by atoms with Gasteiger partial charge in [0.15, 0.2) is 0 Å². The zero-order valence-electron chi connectivity index (χ0n) is 9.29. The van der Waals surface area contributed by atoms with Crippen molar-refractivity contribution in [3.8, 4) is 0 Å². The zero-order valence-corrected chi connectivity index (χ0v) is 7.29. The largest absolute Gasteiger partial charge is 0.0999 e. The maximum atomic E-state index is 7.84. The van der Waals surface area contributed by atoms with Gasteiger partial charge in [-0.25, -0.2) is 0 Å². The molecule has 1 unspecified atom stereocenters. The van der Waals surface area contributed by atoms with Crippen molar-refractivity contribution in [2.75, 3.05) is 0 Å². The van der Waals surface area contributed by atoms with E-state index in [1.54, 1.807) is 0 Å². The Labute approximate surface area is 77.7 Å². The van der Waals surface area contributed by atoms with Crippen molar-refractivity contribution < 1.29 is 2.74 Å². The number of allylic oxidation sites excluding steroid dienone is 1. The van der Waals surface area contributed by atoms with Gasteiger partial charge in [-0.3, -0.25) is 0 Å². The molecule has 0 nitrogen and oxygen atoms in total. The second kappa shape index (κ2) is 4.76. The topological polar surface area (TPSA) is 0 Å². The van der Waals surface area contributed by atoms with E-state index < -0.39 is 0 Å². The Morgan fingerprint density at radius 2 is 2.25 bits per heavy atom. The Morgan fingerprint density at radius 3 is 2.92 bits per heavy atom. The minimum atomic E-state index is -0.261. The molecule has 0 aliphatic rings. The molecule has 0 saturated carbocycles. The van der Waals surface area contributed by atoms with Gasteiger partial charge in [-0.05, 0) is 24.8 Å². The molecule has 0 bridgehead atoms. The van der Waals surface area contributed by atoms with Crippen molar-refractivity contribution in [2.45, 2.75) is 26.1 Å². The summed E-state index contributed by atoms with van der Waals surface area (Å²) >= 11 is 0. The smallest absolute Gasteiger partial charge is 0.0316 e. The van der Waals surface area contributed by atoms with Gasteiger partial charge in [0.2, 0.25) is 0 Å². The highest BCUT2D eigenvalue weighted by atomic mass is 14.0. The molecular formula is C12H16. The van der Waals surface area contributed by atoms with Crippen LogP contribution in [0.3, 0.4) is 0 Å². The molecule has 0 heterocycles. The van der Waals surface area contributed by atoms with Gasteiger partial charge in [0.25, 0.3) is 0 Å². The lowest BCUT2D eigenvalue weighted by Crippen LogP contribution is -1.86. The summed E-state index contributed by atoms with van der Waals surface area (Å²) in [4.78, 5) is 0. The monoisotopic (exact) mass is 162 g/mol. The SMILES string of the molecule is [2H]CCC(=C)C([2H])Cc1ccccc1. The molecule has 1 aromatic carbocycles. The van der Waals surface area contributed by atoms with E-state index in [2.05, 4.69) is 6.58 Å². The fraction of sp³-hybridized carbons (Fsp3) is 0.333. The van der Waals surface area contributed by atoms with Crippen LogP contribution >= 0.6 is 0 Å². The quantitative estimate of drug-likeness (QED) is 0.593. The second-order valence-electron chi connectivity index (χ2n) is 2.80. The molecule has 1 rings (SSSR count). The van der Waals surface area contributed by atoms with Crippen molar-refractivity contribution >= 4 is 0 Å². The lowest BCUT2D eigenvalue weighted by molar-refractivity contribution is 0.890. The van der Waals surface area contributed by atoms with Gasteiger partial charge in [-0.1, -0.05) is 49.4 Å². The third kappa shape index (κ3) is 2.91. The first kappa shape index (κ1) is 6.47. The lowest BCUT2D eigenvalue weighted by atomic mass is 10.0. The second-order valence-corrected chi connectivity index (χ2v) is 2.80. The average molecular weight is 162 g/mol. The molecular weight excluding hydrogens is 144 g/mol. The number of hydrogen-bond acceptors (Lipinski definition) is 0. The van der Waals surface area contributed by atoms with E-state index in [9.17, 15) is 0 Å². The van der Waals surface area contributed by atoms with Crippen molar-refractivity contribution in [3.05, 3.63) is 48.0 Å². The minimum Gasteiger partial charge on any atom is -0.0999 e. The van der Waals surface area contributed by atoms with Gasteiger partial charge >= 0.3 is 0 Å². The summed E-state index contributed by atoms with van der Waals surface area (Å²) in [7, 11) is 0. The van der Waals surface area contributed by atoms with Crippen molar-refractivity contribution in [2.24, 2.45) is 0 Å². The number of aryl methyl sites for hydroxylation is 1. The molecule has 0 radical (unpaired) electrons. The van der Waals surface area contributed by atoms with Gasteiger partial charge in [0.05, 0.1) is 0 Å². The highest BCUT2D eigenvalue weighted by Gasteiger charge is 1.93. The Bertz CT molecular complexity index is 280. The van der Waals surface area contributed by atoms with E-state index in [0.717, 1.165) is 5.57 Å². The highest BCUT2D eigenvalue weighted by molar-refractivity contribution is 5.16. The van der Waals surface area contributed by atoms with E-state index in [-0.39, 0.29) is 6.40 Å². The third-order valence-corrected chi connectivity index (χ3v) is 1.79. The summed E-state index contributed by atoms with van der Waals surface area (Å²) in [5, 5.41) is 0. The number of hydrogen-bond donors (Lipinski definition) is 0. The Hall–Kier alpha value is -1.04. The highest BCUT2D eigenvalue weighted by Crippen LogP contribution is 2.09. The summed E-state index contributed by atoms with van der Waals surface area (Å²) in [6.07, 6.45) is 1.09. The van der Waals surface area contributed by atoms with E-state index >= 15 is 0 Å². The molecule has 0 N–H and O–H groups in total. The van der Waals surface area contributed by atoms with Gasteiger partial charge in [0.1, 0.15) is 0 Å². The van der Waals surface area contributed by atoms with Crippen molar-refractivity contribution in [1.82, 2.24) is 0 Å². The first-order chi connectivity index (χ1) is 6.74. The van der Waals surface area contributed by atoms with Gasteiger partial charge < -0.3 is 0 Å². The van der Waals surface area contributed by atoms with Crippen molar-refractivity contribution in [3.63, 3.8) is 0 Å². The van der Waals surface area contributed by atoms with Crippen LogP contribution in [0.5, 0.6) is 0 Å². The zero-order chi connectivity index (χ0) is 10.4. The van der Waals surface area contributed by atoms with Crippen LogP contribution in [0.25, 0.3) is 0 Å². The summed E-state index contributed by atoms with van der Waals surface area (Å²) in [5.41, 5.74) is 2.03. The molecule has 1 aromatic rings. The van der Waals surface area contributed by atoms with Crippen LogP contribution in [0.2, 0.25) is 0 Å². The first-order valence-electron chi connectivity index (χ1n) is 5.45. The molecule has 0 heteroatoms. The minimum absolute atomic E-state index is 0.261. The summed E-state index contributed by atoms with van der Waals surface area (Å²) in [6.45, 7) is 4.17. The summed E-state index contributed by atoms with van der Waals surface area (Å²) in [5.74, 6) is 0. The Morgan fingerprint density at radius 1 is 1.50 bits per heavy atom. The van der Waals surface area contributed by atoms with E-state index in [0.29, 0.717) is 19.7 Å². The molecule has 0 aliphatic carbocycles.